The Morgan fingerprint density at radius 2 is 1.92 bits per heavy atom. The average molecular weight is 168 g/mol. The number of nitrogens with zero attached hydrogens (tertiary/aromatic N) is 1. The second kappa shape index (κ2) is 3.92. The molecule has 0 aliphatic carbocycles. The molecule has 0 saturated carbocycles. The maximum atomic E-state index is 4.51. The smallest absolute Gasteiger partial charge is 0.0967 e. The van der Waals surface area contributed by atoms with E-state index in [0.29, 0.717) is 0 Å². The van der Waals surface area contributed by atoms with Crippen LogP contribution in [0.25, 0.3) is 0 Å². The van der Waals surface area contributed by atoms with Crippen molar-refractivity contribution in [1.29, 1.82) is 0 Å². The molecule has 1 heterocycles. The Morgan fingerprint density at radius 1 is 1.17 bits per heavy atom. The molecule has 1 rings (SSSR count). The van der Waals surface area contributed by atoms with Crippen molar-refractivity contribution >= 4 is 5.84 Å². The number of amidine groups is 1. The van der Waals surface area contributed by atoms with Crippen LogP contribution in [0, 0.1) is 0 Å². The van der Waals surface area contributed by atoms with Crippen molar-refractivity contribution in [2.45, 2.75) is 52.0 Å². The van der Waals surface area contributed by atoms with Crippen molar-refractivity contribution < 1.29 is 0 Å². The zero-order chi connectivity index (χ0) is 9.03. The van der Waals surface area contributed by atoms with Crippen LogP contribution in [0.3, 0.4) is 0 Å². The fourth-order valence-electron chi connectivity index (χ4n) is 1.41. The van der Waals surface area contributed by atoms with Gasteiger partial charge in [-0.05, 0) is 33.6 Å². The van der Waals surface area contributed by atoms with Gasteiger partial charge in [-0.25, -0.2) is 0 Å². The Morgan fingerprint density at radius 3 is 2.58 bits per heavy atom. The van der Waals surface area contributed by atoms with Gasteiger partial charge in [-0.2, -0.15) is 0 Å². The molecule has 1 N–H and O–H groups in total. The predicted molar refractivity (Wildman–Crippen MR) is 53.7 cm³/mol. The van der Waals surface area contributed by atoms with Crippen molar-refractivity contribution in [3.63, 3.8) is 0 Å². The SMILES string of the molecule is CC(C)(C)NC1=NCCCCC1. The summed E-state index contributed by atoms with van der Waals surface area (Å²) in [5.74, 6) is 1.21. The third-order valence-corrected chi connectivity index (χ3v) is 1.89. The van der Waals surface area contributed by atoms with Gasteiger partial charge >= 0.3 is 0 Å². The second-order valence-corrected chi connectivity index (χ2v) is 4.51. The highest BCUT2D eigenvalue weighted by Gasteiger charge is 2.12. The van der Waals surface area contributed by atoms with Crippen molar-refractivity contribution in [3.8, 4) is 0 Å². The quantitative estimate of drug-likeness (QED) is 0.590. The summed E-state index contributed by atoms with van der Waals surface area (Å²) in [7, 11) is 0. The first kappa shape index (κ1) is 9.56. The molecule has 0 atom stereocenters. The Kier molecular flexibility index (Phi) is 3.12. The molecule has 70 valence electrons. The van der Waals surface area contributed by atoms with E-state index in [2.05, 4.69) is 31.1 Å². The van der Waals surface area contributed by atoms with E-state index in [-0.39, 0.29) is 5.54 Å². The number of rotatable bonds is 0. The fourth-order valence-corrected chi connectivity index (χ4v) is 1.41. The first-order chi connectivity index (χ1) is 5.58. The molecule has 0 radical (unpaired) electrons. The largest absolute Gasteiger partial charge is 0.369 e. The highest BCUT2D eigenvalue weighted by Crippen LogP contribution is 2.08. The summed E-state index contributed by atoms with van der Waals surface area (Å²) in [5, 5.41) is 3.45. The van der Waals surface area contributed by atoms with Gasteiger partial charge < -0.3 is 5.32 Å². The molecular weight excluding hydrogens is 148 g/mol. The molecule has 0 aromatic heterocycles. The number of aliphatic imine (C=N–C) groups is 1. The molecule has 1 aliphatic rings. The van der Waals surface area contributed by atoms with Crippen LogP contribution in [-0.4, -0.2) is 17.9 Å². The molecule has 0 amide bonds. The lowest BCUT2D eigenvalue weighted by Crippen LogP contribution is -2.40. The third-order valence-electron chi connectivity index (χ3n) is 1.89. The van der Waals surface area contributed by atoms with Crippen LogP contribution in [0.2, 0.25) is 0 Å². The van der Waals surface area contributed by atoms with Gasteiger partial charge in [0.05, 0.1) is 5.84 Å². The first-order valence-corrected chi connectivity index (χ1v) is 4.89. The molecule has 0 aromatic carbocycles. The summed E-state index contributed by atoms with van der Waals surface area (Å²) in [6.45, 7) is 7.56. The van der Waals surface area contributed by atoms with Gasteiger partial charge in [-0.1, -0.05) is 6.42 Å². The molecule has 1 aliphatic heterocycles. The lowest BCUT2D eigenvalue weighted by molar-refractivity contribution is 0.505. The van der Waals surface area contributed by atoms with Crippen molar-refractivity contribution in [2.75, 3.05) is 6.54 Å². The molecule has 0 spiro atoms. The summed E-state index contributed by atoms with van der Waals surface area (Å²) in [6.07, 6.45) is 5.02. The van der Waals surface area contributed by atoms with Crippen LogP contribution < -0.4 is 5.32 Å². The van der Waals surface area contributed by atoms with Gasteiger partial charge in [0.1, 0.15) is 0 Å². The van der Waals surface area contributed by atoms with Gasteiger partial charge in [0.15, 0.2) is 0 Å². The average Bonchev–Trinajstić information content (AvgIpc) is 2.12. The minimum absolute atomic E-state index is 0.170. The summed E-state index contributed by atoms with van der Waals surface area (Å²) in [4.78, 5) is 4.51. The van der Waals surface area contributed by atoms with E-state index in [9.17, 15) is 0 Å². The van der Waals surface area contributed by atoms with Gasteiger partial charge in [0, 0.05) is 18.5 Å². The Balaban J connectivity index is 2.44. The highest BCUT2D eigenvalue weighted by atomic mass is 15.0. The summed E-state index contributed by atoms with van der Waals surface area (Å²) in [5.41, 5.74) is 0.170. The fraction of sp³-hybridized carbons (Fsp3) is 0.900. The van der Waals surface area contributed by atoms with E-state index in [1.54, 1.807) is 0 Å². The minimum Gasteiger partial charge on any atom is -0.369 e. The van der Waals surface area contributed by atoms with Crippen molar-refractivity contribution in [3.05, 3.63) is 0 Å². The van der Waals surface area contributed by atoms with E-state index < -0.39 is 0 Å². The monoisotopic (exact) mass is 168 g/mol. The molecule has 2 heteroatoms. The van der Waals surface area contributed by atoms with Gasteiger partial charge in [0.2, 0.25) is 0 Å². The van der Waals surface area contributed by atoms with Gasteiger partial charge in [-0.3, -0.25) is 4.99 Å². The van der Waals surface area contributed by atoms with Crippen LogP contribution >= 0.6 is 0 Å². The topological polar surface area (TPSA) is 24.4 Å². The molecule has 12 heavy (non-hydrogen) atoms. The maximum absolute atomic E-state index is 4.51. The number of hydrogen-bond acceptors (Lipinski definition) is 2. The van der Waals surface area contributed by atoms with Crippen LogP contribution in [0.1, 0.15) is 46.5 Å². The molecule has 0 unspecified atom stereocenters. The molecule has 2 nitrogen and oxygen atoms in total. The van der Waals surface area contributed by atoms with Crippen LogP contribution in [0.15, 0.2) is 4.99 Å². The van der Waals surface area contributed by atoms with E-state index in [1.807, 2.05) is 0 Å². The van der Waals surface area contributed by atoms with E-state index in [0.717, 1.165) is 13.0 Å². The lowest BCUT2D eigenvalue weighted by atomic mass is 10.1. The van der Waals surface area contributed by atoms with E-state index >= 15 is 0 Å². The zero-order valence-corrected chi connectivity index (χ0v) is 8.48. The molecule has 0 fully saturated rings. The standard InChI is InChI=1S/C10H20N2/c1-10(2,3)12-9-7-5-4-6-8-11-9/h4-8H2,1-3H3,(H,11,12). The molecule has 0 saturated heterocycles. The molecule has 0 aromatic rings. The first-order valence-electron chi connectivity index (χ1n) is 4.89. The normalized spacial score (nSPS) is 19.8. The van der Waals surface area contributed by atoms with Crippen molar-refractivity contribution in [1.82, 2.24) is 5.32 Å². The van der Waals surface area contributed by atoms with Crippen molar-refractivity contribution in [2.24, 2.45) is 4.99 Å². The predicted octanol–water partition coefficient (Wildman–Crippen LogP) is 2.35. The Labute approximate surface area is 75.5 Å². The maximum Gasteiger partial charge on any atom is 0.0967 e. The van der Waals surface area contributed by atoms with Gasteiger partial charge in [0.25, 0.3) is 0 Å². The number of nitrogens with one attached hydrogen (secondary N) is 1. The molecule has 0 bridgehead atoms. The Hall–Kier alpha value is -0.530. The molecular formula is C10H20N2. The van der Waals surface area contributed by atoms with E-state index in [4.69, 9.17) is 0 Å². The minimum atomic E-state index is 0.170. The summed E-state index contributed by atoms with van der Waals surface area (Å²) >= 11 is 0. The van der Waals surface area contributed by atoms with Crippen LogP contribution in [0.4, 0.5) is 0 Å². The highest BCUT2D eigenvalue weighted by molar-refractivity contribution is 5.82. The summed E-state index contributed by atoms with van der Waals surface area (Å²) in [6, 6.07) is 0. The summed E-state index contributed by atoms with van der Waals surface area (Å²) < 4.78 is 0. The van der Waals surface area contributed by atoms with Crippen LogP contribution in [0.5, 0.6) is 0 Å². The number of hydrogen-bond donors (Lipinski definition) is 1. The van der Waals surface area contributed by atoms with E-state index in [1.165, 1.54) is 25.1 Å². The lowest BCUT2D eigenvalue weighted by Gasteiger charge is -2.22. The zero-order valence-electron chi connectivity index (χ0n) is 8.48. The Bertz CT molecular complexity index is 165. The third kappa shape index (κ3) is 3.74. The van der Waals surface area contributed by atoms with Gasteiger partial charge in [-0.15, -0.1) is 0 Å². The second-order valence-electron chi connectivity index (χ2n) is 4.51. The van der Waals surface area contributed by atoms with Crippen LogP contribution in [-0.2, 0) is 0 Å².